The van der Waals surface area contributed by atoms with E-state index in [0.717, 1.165) is 127 Å². The molecule has 0 saturated carbocycles. The summed E-state index contributed by atoms with van der Waals surface area (Å²) < 4.78 is 67.8. The van der Waals surface area contributed by atoms with Crippen molar-refractivity contribution in [1.82, 2.24) is 0 Å². The van der Waals surface area contributed by atoms with E-state index < -0.39 is 97.5 Å². The second kappa shape index (κ2) is 57.5. The summed E-state index contributed by atoms with van der Waals surface area (Å²) in [6.07, 6.45) is 40.5. The number of rotatable bonds is 64. The number of hydrogen-bond acceptors (Lipinski definition) is 15. The fourth-order valence-corrected chi connectivity index (χ4v) is 11.2. The molecule has 0 bridgehead atoms. The second-order valence-corrected chi connectivity index (χ2v) is 26.9. The Labute approximate surface area is 511 Å². The Hall–Kier alpha value is -1.94. The summed E-state index contributed by atoms with van der Waals surface area (Å²) in [5.74, 6) is -0.518. The predicted molar refractivity (Wildman–Crippen MR) is 335 cm³/mol. The number of aliphatic hydroxyl groups excluding tert-OH is 1. The van der Waals surface area contributed by atoms with Crippen LogP contribution in [0.5, 0.6) is 0 Å². The van der Waals surface area contributed by atoms with Crippen LogP contribution < -0.4 is 0 Å². The zero-order valence-electron chi connectivity index (χ0n) is 54.2. The third-order valence-corrected chi connectivity index (χ3v) is 17.6. The molecule has 0 spiro atoms. The van der Waals surface area contributed by atoms with Gasteiger partial charge in [0.1, 0.15) is 19.3 Å². The van der Waals surface area contributed by atoms with Gasteiger partial charge < -0.3 is 33.8 Å². The molecular weight excluding hydrogens is 1110 g/mol. The second-order valence-electron chi connectivity index (χ2n) is 24.0. The Balaban J connectivity index is 5.16. The summed E-state index contributed by atoms with van der Waals surface area (Å²) in [6, 6.07) is 0. The molecular formula is C65H126O17P2. The van der Waals surface area contributed by atoms with E-state index >= 15 is 0 Å². The molecule has 498 valence electrons. The molecule has 19 heteroatoms. The topological polar surface area (TPSA) is 237 Å². The van der Waals surface area contributed by atoms with Crippen LogP contribution in [-0.4, -0.2) is 96.7 Å². The van der Waals surface area contributed by atoms with Crippen molar-refractivity contribution in [3.63, 3.8) is 0 Å². The van der Waals surface area contributed by atoms with Crippen molar-refractivity contribution in [2.24, 2.45) is 11.8 Å². The minimum absolute atomic E-state index is 0.103. The molecule has 0 aromatic carbocycles. The van der Waals surface area contributed by atoms with Crippen molar-refractivity contribution in [2.75, 3.05) is 39.6 Å². The fraction of sp³-hybridized carbons (Fsp3) is 0.938. The van der Waals surface area contributed by atoms with Crippen molar-refractivity contribution in [3.8, 4) is 0 Å². The summed E-state index contributed by atoms with van der Waals surface area (Å²) in [5, 5.41) is 10.5. The molecule has 84 heavy (non-hydrogen) atoms. The van der Waals surface area contributed by atoms with Crippen LogP contribution in [0, 0.1) is 11.8 Å². The Morgan fingerprint density at radius 1 is 0.333 bits per heavy atom. The number of phosphoric ester groups is 2. The van der Waals surface area contributed by atoms with Crippen LogP contribution >= 0.6 is 15.6 Å². The number of carbonyl (C=O) groups is 4. The maximum Gasteiger partial charge on any atom is 0.472 e. The largest absolute Gasteiger partial charge is 0.472 e. The van der Waals surface area contributed by atoms with Gasteiger partial charge in [-0.2, -0.15) is 0 Å². The Morgan fingerprint density at radius 2 is 0.571 bits per heavy atom. The quantitative estimate of drug-likeness (QED) is 0.0222. The maximum atomic E-state index is 13.0. The first-order valence-corrected chi connectivity index (χ1v) is 37.1. The Morgan fingerprint density at radius 3 is 0.845 bits per heavy atom. The third-order valence-electron chi connectivity index (χ3n) is 15.7. The van der Waals surface area contributed by atoms with Crippen LogP contribution in [-0.2, 0) is 65.4 Å². The van der Waals surface area contributed by atoms with E-state index in [2.05, 4.69) is 41.5 Å². The molecule has 0 aliphatic heterocycles. The summed E-state index contributed by atoms with van der Waals surface area (Å²) in [5.41, 5.74) is 0. The molecule has 0 aromatic heterocycles. The molecule has 7 atom stereocenters. The van der Waals surface area contributed by atoms with Crippen LogP contribution in [0.25, 0.3) is 0 Å². The Bertz CT molecular complexity index is 1650. The van der Waals surface area contributed by atoms with Gasteiger partial charge in [0, 0.05) is 25.7 Å². The molecule has 0 rings (SSSR count). The molecule has 3 N–H and O–H groups in total. The molecule has 0 heterocycles. The van der Waals surface area contributed by atoms with Gasteiger partial charge in [-0.15, -0.1) is 0 Å². The van der Waals surface area contributed by atoms with Crippen LogP contribution in [0.2, 0.25) is 0 Å². The molecule has 0 fully saturated rings. The molecule has 0 aliphatic carbocycles. The summed E-state index contributed by atoms with van der Waals surface area (Å²) in [4.78, 5) is 72.0. The van der Waals surface area contributed by atoms with Gasteiger partial charge in [-0.25, -0.2) is 9.13 Å². The summed E-state index contributed by atoms with van der Waals surface area (Å²) >= 11 is 0. The normalized spacial score (nSPS) is 14.9. The lowest BCUT2D eigenvalue weighted by molar-refractivity contribution is -0.161. The molecule has 0 aromatic rings. The van der Waals surface area contributed by atoms with E-state index in [1.165, 1.54) is 116 Å². The molecule has 0 radical (unpaired) electrons. The lowest BCUT2D eigenvalue weighted by Crippen LogP contribution is -2.30. The zero-order valence-corrected chi connectivity index (χ0v) is 56.0. The van der Waals surface area contributed by atoms with Crippen LogP contribution in [0.1, 0.15) is 324 Å². The van der Waals surface area contributed by atoms with Gasteiger partial charge in [-0.05, 0) is 37.5 Å². The van der Waals surface area contributed by atoms with Crippen molar-refractivity contribution in [1.29, 1.82) is 0 Å². The number of hydrogen-bond donors (Lipinski definition) is 3. The van der Waals surface area contributed by atoms with Crippen molar-refractivity contribution >= 4 is 39.5 Å². The first-order chi connectivity index (χ1) is 40.4. The first kappa shape index (κ1) is 82.1. The van der Waals surface area contributed by atoms with Gasteiger partial charge in [0.15, 0.2) is 12.2 Å². The molecule has 4 unspecified atom stereocenters. The number of esters is 4. The zero-order chi connectivity index (χ0) is 62.2. The lowest BCUT2D eigenvalue weighted by Gasteiger charge is -2.21. The van der Waals surface area contributed by atoms with Gasteiger partial charge >= 0.3 is 39.5 Å². The minimum atomic E-state index is -4.95. The van der Waals surface area contributed by atoms with Gasteiger partial charge in [0.2, 0.25) is 0 Å². The molecule has 17 nitrogen and oxygen atoms in total. The van der Waals surface area contributed by atoms with E-state index in [1.54, 1.807) is 0 Å². The number of carbonyl (C=O) groups excluding carboxylic acids is 4. The minimum Gasteiger partial charge on any atom is -0.462 e. The van der Waals surface area contributed by atoms with E-state index in [9.17, 15) is 43.2 Å². The number of phosphoric acid groups is 2. The molecule has 0 saturated heterocycles. The van der Waals surface area contributed by atoms with Crippen LogP contribution in [0.15, 0.2) is 0 Å². The summed E-state index contributed by atoms with van der Waals surface area (Å²) in [6.45, 7) is 9.48. The van der Waals surface area contributed by atoms with Crippen LogP contribution in [0.3, 0.4) is 0 Å². The van der Waals surface area contributed by atoms with Crippen molar-refractivity contribution in [3.05, 3.63) is 0 Å². The highest BCUT2D eigenvalue weighted by Gasteiger charge is 2.30. The highest BCUT2D eigenvalue weighted by atomic mass is 31.2. The maximum absolute atomic E-state index is 13.0. The van der Waals surface area contributed by atoms with E-state index in [1.807, 2.05) is 0 Å². The summed E-state index contributed by atoms with van der Waals surface area (Å²) in [7, 11) is -9.88. The fourth-order valence-electron chi connectivity index (χ4n) is 9.64. The predicted octanol–water partition coefficient (Wildman–Crippen LogP) is 18.0. The van der Waals surface area contributed by atoms with Crippen LogP contribution in [0.4, 0.5) is 0 Å². The van der Waals surface area contributed by atoms with Gasteiger partial charge in [0.25, 0.3) is 0 Å². The Kier molecular flexibility index (Phi) is 56.2. The van der Waals surface area contributed by atoms with Gasteiger partial charge in [-0.1, -0.05) is 273 Å². The monoisotopic (exact) mass is 1240 g/mol. The SMILES string of the molecule is CCCCCCCCCC(=O)OC[C@H](COP(=O)(O)OC[C@H](O)COP(=O)(O)OC[C@@H](COC(=O)CCCCCCCCCCC(C)CC)OC(=O)CCCCCCCCCCCCCCCCC(C)CC)OC(=O)CCCCCCCCC. The van der Waals surface area contributed by atoms with Crippen molar-refractivity contribution < 1.29 is 80.2 Å². The number of ether oxygens (including phenoxy) is 4. The van der Waals surface area contributed by atoms with Gasteiger partial charge in [-0.3, -0.25) is 37.3 Å². The molecule has 0 amide bonds. The first-order valence-electron chi connectivity index (χ1n) is 34.1. The third kappa shape index (κ3) is 56.6. The highest BCUT2D eigenvalue weighted by molar-refractivity contribution is 7.47. The van der Waals surface area contributed by atoms with E-state index in [4.69, 9.17) is 37.0 Å². The van der Waals surface area contributed by atoms with Gasteiger partial charge in [0.05, 0.1) is 26.4 Å². The van der Waals surface area contributed by atoms with Crippen molar-refractivity contribution in [2.45, 2.75) is 342 Å². The highest BCUT2D eigenvalue weighted by Crippen LogP contribution is 2.45. The standard InChI is InChI=1S/C65H126O17P2/c1-7-11-13-15-27-35-41-47-62(67)75-53-60(81-64(69)49-43-37-28-16-14-12-8-2)55-79-83(71,72)77-51-59(66)52-78-84(73,74)80-56-61(54-76-63(68)48-42-36-31-26-25-30-34-40-46-58(6)10-4)82-65(70)50-44-38-32-24-22-20-18-17-19-21-23-29-33-39-45-57(5)9-3/h57-61,66H,7-56H2,1-6H3,(H,71,72)(H,73,74)/t57?,58?,59-,60+,61+/m0/s1. The average Bonchev–Trinajstić information content (AvgIpc) is 3.55. The molecule has 0 aliphatic rings. The number of unbranched alkanes of at least 4 members (excludes halogenated alkanes) is 32. The number of aliphatic hydroxyl groups is 1. The van der Waals surface area contributed by atoms with E-state index in [0.29, 0.717) is 25.7 Å². The van der Waals surface area contributed by atoms with E-state index in [-0.39, 0.29) is 25.7 Å². The average molecular weight is 1240 g/mol. The smallest absolute Gasteiger partial charge is 0.462 e. The lowest BCUT2D eigenvalue weighted by atomic mass is 9.99.